The molecule has 0 aromatic carbocycles. The smallest absolute Gasteiger partial charge is 0.112 e. The maximum absolute atomic E-state index is 5.59. The first-order chi connectivity index (χ1) is 5.87. The summed E-state index contributed by atoms with van der Waals surface area (Å²) in [7, 11) is 0. The molecule has 2 rings (SSSR count). The standard InChI is InChI=1S/C9H15N3/c10-5-4-9(2-1-3-9)8-11-6-7-12-8/h6-7H,1-5,10H2,(H,11,12). The zero-order valence-electron chi connectivity index (χ0n) is 7.21. The van der Waals surface area contributed by atoms with Crippen molar-refractivity contribution in [1.29, 1.82) is 0 Å². The molecule has 1 fully saturated rings. The van der Waals surface area contributed by atoms with E-state index < -0.39 is 0 Å². The predicted octanol–water partition coefficient (Wildman–Crippen LogP) is 1.18. The van der Waals surface area contributed by atoms with Crippen LogP contribution in [-0.4, -0.2) is 16.5 Å². The molecule has 1 saturated carbocycles. The van der Waals surface area contributed by atoms with Crippen LogP contribution in [0.4, 0.5) is 0 Å². The third-order valence-corrected chi connectivity index (χ3v) is 2.93. The molecular weight excluding hydrogens is 150 g/mol. The Labute approximate surface area is 72.4 Å². The lowest BCUT2D eigenvalue weighted by Gasteiger charge is -2.40. The summed E-state index contributed by atoms with van der Waals surface area (Å²) >= 11 is 0. The fourth-order valence-electron chi connectivity index (χ4n) is 2.04. The summed E-state index contributed by atoms with van der Waals surface area (Å²) in [5.41, 5.74) is 5.89. The van der Waals surface area contributed by atoms with E-state index in [0.717, 1.165) is 18.8 Å². The highest BCUT2D eigenvalue weighted by Crippen LogP contribution is 2.44. The molecule has 1 aliphatic rings. The summed E-state index contributed by atoms with van der Waals surface area (Å²) < 4.78 is 0. The van der Waals surface area contributed by atoms with Crippen LogP contribution in [0.15, 0.2) is 12.4 Å². The Bertz CT molecular complexity index is 236. The monoisotopic (exact) mass is 165 g/mol. The van der Waals surface area contributed by atoms with Crippen molar-refractivity contribution in [2.45, 2.75) is 31.1 Å². The Balaban J connectivity index is 2.17. The summed E-state index contributed by atoms with van der Waals surface area (Å²) in [5.74, 6) is 1.14. The van der Waals surface area contributed by atoms with Gasteiger partial charge >= 0.3 is 0 Å². The highest BCUT2D eigenvalue weighted by atomic mass is 14.9. The van der Waals surface area contributed by atoms with Crippen molar-refractivity contribution < 1.29 is 0 Å². The Morgan fingerprint density at radius 2 is 2.42 bits per heavy atom. The van der Waals surface area contributed by atoms with E-state index in [1.54, 1.807) is 0 Å². The molecule has 3 nitrogen and oxygen atoms in total. The minimum Gasteiger partial charge on any atom is -0.348 e. The summed E-state index contributed by atoms with van der Waals surface area (Å²) in [6.07, 6.45) is 8.61. The first-order valence-electron chi connectivity index (χ1n) is 4.57. The van der Waals surface area contributed by atoms with Gasteiger partial charge in [-0.2, -0.15) is 0 Å². The molecule has 66 valence electrons. The average Bonchev–Trinajstić information content (AvgIpc) is 2.48. The Kier molecular flexibility index (Phi) is 1.89. The van der Waals surface area contributed by atoms with Crippen LogP contribution in [0.3, 0.4) is 0 Å². The lowest BCUT2D eigenvalue weighted by molar-refractivity contribution is 0.217. The van der Waals surface area contributed by atoms with Crippen LogP contribution < -0.4 is 5.73 Å². The van der Waals surface area contributed by atoms with Crippen LogP contribution in [-0.2, 0) is 5.41 Å². The fourth-order valence-corrected chi connectivity index (χ4v) is 2.04. The van der Waals surface area contributed by atoms with Gasteiger partial charge in [-0.25, -0.2) is 4.98 Å². The van der Waals surface area contributed by atoms with Gasteiger partial charge in [0.15, 0.2) is 0 Å². The molecule has 0 bridgehead atoms. The number of nitrogens with two attached hydrogens (primary N) is 1. The van der Waals surface area contributed by atoms with E-state index in [-0.39, 0.29) is 0 Å². The number of imidazole rings is 1. The van der Waals surface area contributed by atoms with Gasteiger partial charge in [-0.15, -0.1) is 0 Å². The molecule has 0 aliphatic heterocycles. The van der Waals surface area contributed by atoms with Crippen molar-refractivity contribution in [3.63, 3.8) is 0 Å². The van der Waals surface area contributed by atoms with Crippen molar-refractivity contribution in [3.05, 3.63) is 18.2 Å². The molecule has 0 radical (unpaired) electrons. The van der Waals surface area contributed by atoms with Gasteiger partial charge in [-0.1, -0.05) is 6.42 Å². The second-order valence-electron chi connectivity index (χ2n) is 3.61. The number of nitrogens with zero attached hydrogens (tertiary/aromatic N) is 1. The normalized spacial score (nSPS) is 20.4. The molecule has 1 aliphatic carbocycles. The van der Waals surface area contributed by atoms with E-state index in [0.29, 0.717) is 5.41 Å². The van der Waals surface area contributed by atoms with Crippen LogP contribution >= 0.6 is 0 Å². The summed E-state index contributed by atoms with van der Waals surface area (Å²) in [4.78, 5) is 7.52. The average molecular weight is 165 g/mol. The molecule has 0 spiro atoms. The molecule has 0 atom stereocenters. The molecule has 3 N–H and O–H groups in total. The van der Waals surface area contributed by atoms with Crippen LogP contribution in [0, 0.1) is 0 Å². The maximum atomic E-state index is 5.59. The van der Waals surface area contributed by atoms with Crippen LogP contribution in [0.2, 0.25) is 0 Å². The van der Waals surface area contributed by atoms with E-state index in [9.17, 15) is 0 Å². The van der Waals surface area contributed by atoms with Gasteiger partial charge in [-0.05, 0) is 25.8 Å². The van der Waals surface area contributed by atoms with Crippen molar-refractivity contribution in [3.8, 4) is 0 Å². The van der Waals surface area contributed by atoms with Crippen LogP contribution in [0.5, 0.6) is 0 Å². The predicted molar refractivity (Wildman–Crippen MR) is 47.8 cm³/mol. The van der Waals surface area contributed by atoms with Gasteiger partial charge < -0.3 is 10.7 Å². The van der Waals surface area contributed by atoms with Crippen molar-refractivity contribution >= 4 is 0 Å². The summed E-state index contributed by atoms with van der Waals surface area (Å²) in [6.45, 7) is 0.765. The van der Waals surface area contributed by atoms with E-state index in [4.69, 9.17) is 5.73 Å². The van der Waals surface area contributed by atoms with Gasteiger partial charge in [0.05, 0.1) is 0 Å². The van der Waals surface area contributed by atoms with E-state index in [2.05, 4.69) is 9.97 Å². The third kappa shape index (κ3) is 1.05. The quantitative estimate of drug-likeness (QED) is 0.706. The Morgan fingerprint density at radius 3 is 2.83 bits per heavy atom. The highest BCUT2D eigenvalue weighted by molar-refractivity contribution is 5.12. The molecule has 0 saturated heterocycles. The van der Waals surface area contributed by atoms with Crippen LogP contribution in [0.1, 0.15) is 31.5 Å². The van der Waals surface area contributed by atoms with Gasteiger partial charge in [0.1, 0.15) is 5.82 Å². The topological polar surface area (TPSA) is 54.7 Å². The third-order valence-electron chi connectivity index (χ3n) is 2.93. The van der Waals surface area contributed by atoms with Gasteiger partial charge in [0, 0.05) is 17.8 Å². The second-order valence-corrected chi connectivity index (χ2v) is 3.61. The maximum Gasteiger partial charge on any atom is 0.112 e. The molecule has 0 unspecified atom stereocenters. The largest absolute Gasteiger partial charge is 0.348 e. The Hall–Kier alpha value is -0.830. The van der Waals surface area contributed by atoms with E-state index in [1.165, 1.54) is 19.3 Å². The number of hydrogen-bond acceptors (Lipinski definition) is 2. The number of nitrogens with one attached hydrogen (secondary N) is 1. The fraction of sp³-hybridized carbons (Fsp3) is 0.667. The van der Waals surface area contributed by atoms with Crippen LogP contribution in [0.25, 0.3) is 0 Å². The zero-order valence-corrected chi connectivity index (χ0v) is 7.21. The minimum atomic E-state index is 0.304. The SMILES string of the molecule is NCCC1(c2ncc[nH]2)CCC1. The van der Waals surface area contributed by atoms with E-state index >= 15 is 0 Å². The van der Waals surface area contributed by atoms with Crippen molar-refractivity contribution in [2.75, 3.05) is 6.54 Å². The van der Waals surface area contributed by atoms with E-state index in [1.807, 2.05) is 12.4 Å². The van der Waals surface area contributed by atoms with Crippen molar-refractivity contribution in [2.24, 2.45) is 5.73 Å². The Morgan fingerprint density at radius 1 is 1.58 bits per heavy atom. The van der Waals surface area contributed by atoms with Crippen molar-refractivity contribution in [1.82, 2.24) is 9.97 Å². The number of aromatic nitrogens is 2. The molecule has 3 heteroatoms. The lowest BCUT2D eigenvalue weighted by atomic mass is 9.66. The van der Waals surface area contributed by atoms with Gasteiger partial charge in [-0.3, -0.25) is 0 Å². The molecule has 0 amide bonds. The molecular formula is C9H15N3. The lowest BCUT2D eigenvalue weighted by Crippen LogP contribution is -2.37. The number of H-pyrrole nitrogens is 1. The number of rotatable bonds is 3. The number of aromatic amines is 1. The molecule has 1 aromatic heterocycles. The zero-order chi connectivity index (χ0) is 8.44. The number of hydrogen-bond donors (Lipinski definition) is 2. The second kappa shape index (κ2) is 2.90. The first-order valence-corrected chi connectivity index (χ1v) is 4.57. The molecule has 12 heavy (non-hydrogen) atoms. The van der Waals surface area contributed by atoms with Gasteiger partial charge in [0.25, 0.3) is 0 Å². The summed E-state index contributed by atoms with van der Waals surface area (Å²) in [6, 6.07) is 0. The van der Waals surface area contributed by atoms with Gasteiger partial charge in [0.2, 0.25) is 0 Å². The molecule has 1 aromatic rings. The minimum absolute atomic E-state index is 0.304. The molecule has 1 heterocycles. The highest BCUT2D eigenvalue weighted by Gasteiger charge is 2.39. The summed E-state index contributed by atoms with van der Waals surface area (Å²) in [5, 5.41) is 0. The first kappa shape index (κ1) is 7.80.